The third-order valence-corrected chi connectivity index (χ3v) is 4.80. The predicted octanol–water partition coefficient (Wildman–Crippen LogP) is 2.37. The van der Waals surface area contributed by atoms with Crippen molar-refractivity contribution in [2.45, 2.75) is 38.8 Å². The zero-order valence-corrected chi connectivity index (χ0v) is 14.2. The maximum Gasteiger partial charge on any atom is 0.358 e. The minimum Gasteiger partial charge on any atom is -0.476 e. The van der Waals surface area contributed by atoms with Crippen LogP contribution in [-0.4, -0.2) is 43.4 Å². The number of benzene rings is 1. The van der Waals surface area contributed by atoms with Gasteiger partial charge in [0.25, 0.3) is 0 Å². The molecule has 7 nitrogen and oxygen atoms in total. The first kappa shape index (κ1) is 17.1. The molecule has 0 aliphatic heterocycles. The fourth-order valence-corrected chi connectivity index (χ4v) is 3.04. The lowest BCUT2D eigenvalue weighted by molar-refractivity contribution is -0.135. The van der Waals surface area contributed by atoms with Gasteiger partial charge in [0.2, 0.25) is 5.91 Å². The van der Waals surface area contributed by atoms with E-state index in [1.165, 1.54) is 17.3 Å². The summed E-state index contributed by atoms with van der Waals surface area (Å²) in [4.78, 5) is 25.7. The van der Waals surface area contributed by atoms with Crippen LogP contribution in [0.1, 0.15) is 48.3 Å². The lowest BCUT2D eigenvalue weighted by atomic mass is 9.84. The minimum atomic E-state index is -1.15. The summed E-state index contributed by atoms with van der Waals surface area (Å²) in [5.41, 5.74) is 0.925. The van der Waals surface area contributed by atoms with E-state index < -0.39 is 5.97 Å². The van der Waals surface area contributed by atoms with Gasteiger partial charge in [0.15, 0.2) is 5.69 Å². The van der Waals surface area contributed by atoms with Gasteiger partial charge in [0.1, 0.15) is 6.54 Å². The molecule has 0 bridgehead atoms. The molecule has 25 heavy (non-hydrogen) atoms. The number of aromatic nitrogens is 3. The molecule has 1 amide bonds. The first-order valence-corrected chi connectivity index (χ1v) is 8.52. The van der Waals surface area contributed by atoms with E-state index in [9.17, 15) is 9.59 Å². The second-order valence-corrected chi connectivity index (χ2v) is 6.54. The number of carboxylic acid groups (broad SMARTS) is 1. The summed E-state index contributed by atoms with van der Waals surface area (Å²) in [6.07, 6.45) is 4.81. The Balaban J connectivity index is 1.75. The van der Waals surface area contributed by atoms with E-state index in [1.54, 1.807) is 0 Å². The Hall–Kier alpha value is -2.70. The van der Waals surface area contributed by atoms with Gasteiger partial charge in [-0.25, -0.2) is 9.48 Å². The Morgan fingerprint density at radius 1 is 1.32 bits per heavy atom. The highest BCUT2D eigenvalue weighted by Crippen LogP contribution is 2.30. The average molecular weight is 342 g/mol. The number of rotatable bonds is 7. The molecular weight excluding hydrogens is 320 g/mol. The molecule has 0 spiro atoms. The molecule has 7 heteroatoms. The van der Waals surface area contributed by atoms with Crippen LogP contribution in [0.25, 0.3) is 0 Å². The molecule has 1 aliphatic carbocycles. The number of nitrogens with zero attached hydrogens (tertiary/aromatic N) is 4. The van der Waals surface area contributed by atoms with Crippen LogP contribution in [0.4, 0.5) is 0 Å². The Labute approximate surface area is 146 Å². The van der Waals surface area contributed by atoms with Gasteiger partial charge in [-0.1, -0.05) is 42.0 Å². The van der Waals surface area contributed by atoms with Crippen molar-refractivity contribution >= 4 is 11.9 Å². The summed E-state index contributed by atoms with van der Waals surface area (Å²) in [5.74, 6) is -0.687. The zero-order valence-electron chi connectivity index (χ0n) is 14.2. The van der Waals surface area contributed by atoms with E-state index >= 15 is 0 Å². The zero-order chi connectivity index (χ0) is 17.8. The van der Waals surface area contributed by atoms with Gasteiger partial charge in [0, 0.05) is 6.54 Å². The summed E-state index contributed by atoms with van der Waals surface area (Å²) in [6.45, 7) is 2.73. The van der Waals surface area contributed by atoms with Crippen LogP contribution in [0.3, 0.4) is 0 Å². The van der Waals surface area contributed by atoms with Crippen molar-refractivity contribution in [1.29, 1.82) is 0 Å². The molecule has 1 unspecified atom stereocenters. The lowest BCUT2D eigenvalue weighted by Crippen LogP contribution is -2.41. The second kappa shape index (κ2) is 7.46. The molecule has 0 saturated heterocycles. The van der Waals surface area contributed by atoms with Crippen molar-refractivity contribution in [3.63, 3.8) is 0 Å². The van der Waals surface area contributed by atoms with Crippen molar-refractivity contribution in [3.05, 3.63) is 47.8 Å². The molecule has 1 aromatic heterocycles. The number of hydrogen-bond acceptors (Lipinski definition) is 4. The summed E-state index contributed by atoms with van der Waals surface area (Å²) in [7, 11) is 0. The normalized spacial score (nSPS) is 15.4. The van der Waals surface area contributed by atoms with E-state index in [0.717, 1.165) is 24.9 Å². The van der Waals surface area contributed by atoms with Crippen LogP contribution in [0.5, 0.6) is 0 Å². The van der Waals surface area contributed by atoms with Crippen molar-refractivity contribution in [3.8, 4) is 0 Å². The van der Waals surface area contributed by atoms with E-state index in [1.807, 2.05) is 42.2 Å². The number of carbonyl (C=O) groups excluding carboxylic acids is 1. The van der Waals surface area contributed by atoms with E-state index in [-0.39, 0.29) is 24.2 Å². The van der Waals surface area contributed by atoms with Gasteiger partial charge in [-0.2, -0.15) is 0 Å². The van der Waals surface area contributed by atoms with Crippen molar-refractivity contribution in [1.82, 2.24) is 19.9 Å². The standard InChI is InChI=1S/C18H22N4O3/c1-13(15-8-3-2-4-9-15)22(10-14-6-5-7-14)17(23)12-21-11-16(18(24)25)19-20-21/h2-4,8-9,11,13-14H,5-7,10,12H2,1H3,(H,24,25). The summed E-state index contributed by atoms with van der Waals surface area (Å²) < 4.78 is 1.29. The number of aromatic carboxylic acids is 1. The number of carboxylic acids is 1. The van der Waals surface area contributed by atoms with Gasteiger partial charge in [-0.05, 0) is 31.2 Å². The van der Waals surface area contributed by atoms with Crippen molar-refractivity contribution in [2.24, 2.45) is 5.92 Å². The molecule has 1 heterocycles. The van der Waals surface area contributed by atoms with Crippen LogP contribution in [0.15, 0.2) is 36.5 Å². The Kier molecular flexibility index (Phi) is 5.11. The molecule has 1 atom stereocenters. The fourth-order valence-electron chi connectivity index (χ4n) is 3.04. The van der Waals surface area contributed by atoms with Gasteiger partial charge in [0.05, 0.1) is 12.2 Å². The Bertz CT molecular complexity index is 740. The summed E-state index contributed by atoms with van der Waals surface area (Å²) >= 11 is 0. The van der Waals surface area contributed by atoms with Gasteiger partial charge in [-0.3, -0.25) is 4.79 Å². The number of amides is 1. The first-order chi connectivity index (χ1) is 12.0. The topological polar surface area (TPSA) is 88.3 Å². The Morgan fingerprint density at radius 2 is 2.04 bits per heavy atom. The molecular formula is C18H22N4O3. The van der Waals surface area contributed by atoms with Gasteiger partial charge >= 0.3 is 5.97 Å². The monoisotopic (exact) mass is 342 g/mol. The maximum absolute atomic E-state index is 12.9. The SMILES string of the molecule is CC(c1ccccc1)N(CC1CCC1)C(=O)Cn1cc(C(=O)O)nn1. The highest BCUT2D eigenvalue weighted by molar-refractivity contribution is 5.84. The van der Waals surface area contributed by atoms with Crippen LogP contribution >= 0.6 is 0 Å². The maximum atomic E-state index is 12.9. The third kappa shape index (κ3) is 4.04. The molecule has 3 rings (SSSR count). The number of carbonyl (C=O) groups is 2. The molecule has 2 aromatic rings. The summed E-state index contributed by atoms with van der Waals surface area (Å²) in [5, 5.41) is 16.2. The molecule has 1 aromatic carbocycles. The smallest absolute Gasteiger partial charge is 0.358 e. The molecule has 1 saturated carbocycles. The van der Waals surface area contributed by atoms with Crippen LogP contribution in [0, 0.1) is 5.92 Å². The highest BCUT2D eigenvalue weighted by atomic mass is 16.4. The molecule has 1 aliphatic rings. The molecule has 0 radical (unpaired) electrons. The van der Waals surface area contributed by atoms with E-state index in [2.05, 4.69) is 10.3 Å². The molecule has 132 valence electrons. The van der Waals surface area contributed by atoms with Gasteiger partial charge in [-0.15, -0.1) is 5.10 Å². The van der Waals surface area contributed by atoms with Crippen LogP contribution in [-0.2, 0) is 11.3 Å². The average Bonchev–Trinajstić information content (AvgIpc) is 3.03. The van der Waals surface area contributed by atoms with E-state index in [4.69, 9.17) is 5.11 Å². The quantitative estimate of drug-likeness (QED) is 0.834. The largest absolute Gasteiger partial charge is 0.476 e. The predicted molar refractivity (Wildman–Crippen MR) is 90.9 cm³/mol. The first-order valence-electron chi connectivity index (χ1n) is 8.52. The van der Waals surface area contributed by atoms with Crippen molar-refractivity contribution < 1.29 is 14.7 Å². The van der Waals surface area contributed by atoms with Crippen LogP contribution < -0.4 is 0 Å². The molecule has 1 fully saturated rings. The number of hydrogen-bond donors (Lipinski definition) is 1. The van der Waals surface area contributed by atoms with Crippen molar-refractivity contribution in [2.75, 3.05) is 6.54 Å². The van der Waals surface area contributed by atoms with Crippen LogP contribution in [0.2, 0.25) is 0 Å². The lowest BCUT2D eigenvalue weighted by Gasteiger charge is -2.36. The summed E-state index contributed by atoms with van der Waals surface area (Å²) in [6, 6.07) is 9.88. The fraction of sp³-hybridized carbons (Fsp3) is 0.444. The Morgan fingerprint density at radius 3 is 2.60 bits per heavy atom. The second-order valence-electron chi connectivity index (χ2n) is 6.54. The van der Waals surface area contributed by atoms with Gasteiger partial charge < -0.3 is 10.0 Å². The highest BCUT2D eigenvalue weighted by Gasteiger charge is 2.28. The molecule has 1 N–H and O–H groups in total. The minimum absolute atomic E-state index is 0.00975. The third-order valence-electron chi connectivity index (χ3n) is 4.80. The van der Waals surface area contributed by atoms with E-state index in [0.29, 0.717) is 5.92 Å².